The fourth-order valence-corrected chi connectivity index (χ4v) is 10.7. The summed E-state index contributed by atoms with van der Waals surface area (Å²) in [5.74, 6) is 0.318. The van der Waals surface area contributed by atoms with Crippen LogP contribution in [0.25, 0.3) is 33.0 Å². The molecule has 406 valence electrons. The third kappa shape index (κ3) is 11.9. The van der Waals surface area contributed by atoms with Gasteiger partial charge in [-0.25, -0.2) is 0 Å². The van der Waals surface area contributed by atoms with E-state index >= 15 is 4.79 Å². The Bertz CT molecular complexity index is 3760. The zero-order valence-electron chi connectivity index (χ0n) is 44.8. The minimum Gasteiger partial charge on any atom is -0.489 e. The molecule has 12 nitrogen and oxygen atoms in total. The van der Waals surface area contributed by atoms with Gasteiger partial charge in [0.2, 0.25) is 0 Å². The van der Waals surface area contributed by atoms with Crippen molar-refractivity contribution in [1.82, 2.24) is 14.5 Å². The summed E-state index contributed by atoms with van der Waals surface area (Å²) < 4.78 is 50.5. The van der Waals surface area contributed by atoms with E-state index in [4.69, 9.17) is 33.2 Å². The number of rotatable bonds is 22. The molecule has 5 atom stereocenters. The number of carbonyl (C=O) groups is 2. The molecule has 0 radical (unpaired) electrons. The van der Waals surface area contributed by atoms with Gasteiger partial charge in [0.1, 0.15) is 49.1 Å². The molecular formula is C69H61N3O9. The van der Waals surface area contributed by atoms with E-state index in [2.05, 4.69) is 4.98 Å². The second-order valence-electron chi connectivity index (χ2n) is 20.4. The zero-order chi connectivity index (χ0) is 54.9. The van der Waals surface area contributed by atoms with Gasteiger partial charge in [0, 0.05) is 52.9 Å². The summed E-state index contributed by atoms with van der Waals surface area (Å²) in [6, 6.07) is 71.6. The van der Waals surface area contributed by atoms with Crippen molar-refractivity contribution in [2.24, 2.45) is 0 Å². The number of aromatic nitrogens is 2. The van der Waals surface area contributed by atoms with Gasteiger partial charge in [-0.15, -0.1) is 0 Å². The molecule has 0 unspecified atom stereocenters. The Labute approximate surface area is 470 Å². The molecule has 12 heteroatoms. The number of amides is 2. The summed E-state index contributed by atoms with van der Waals surface area (Å²) in [6.07, 6.45) is -0.283. The van der Waals surface area contributed by atoms with Crippen LogP contribution in [0.4, 0.5) is 0 Å². The Morgan fingerprint density at radius 3 is 1.43 bits per heavy atom. The smallest absolute Gasteiger partial charge is 0.261 e. The van der Waals surface area contributed by atoms with E-state index in [-0.39, 0.29) is 37.6 Å². The largest absolute Gasteiger partial charge is 0.489 e. The highest BCUT2D eigenvalue weighted by molar-refractivity contribution is 6.50. The number of ether oxygens (including phenoxy) is 7. The predicted molar refractivity (Wildman–Crippen MR) is 311 cm³/mol. The number of imide groups is 1. The quantitative estimate of drug-likeness (QED) is 0.0661. The standard InChI is InChI=1S/C69H61N3O9/c1-71-67(73)62(57-38-70-59-35-33-53(36-56(57)59)76-41-48-22-10-3-11-23-48)63(68(71)74)58-39-72(60-37-54(32-34-55(58)60)77-42-49-24-12-4-13-25-49)69-66(80-45-52-30-18-7-19-31-52)65(79-44-51-28-16-6-17-29-51)64(78-43-50-26-14-5-15-27-50)61(81-69)46-75-40-47-20-8-2-9-21-47/h2-39,61,64-66,69-70H,40-46H2,1H3/t61-,64-,65+,66-,69-/m1/s1. The molecule has 1 saturated heterocycles. The van der Waals surface area contributed by atoms with Gasteiger partial charge >= 0.3 is 0 Å². The second kappa shape index (κ2) is 24.6. The number of aromatic amines is 1. The minimum absolute atomic E-state index is 0.129. The highest BCUT2D eigenvalue weighted by atomic mass is 16.6. The number of hydrogen-bond acceptors (Lipinski definition) is 9. The fraction of sp³-hybridized carbons (Fsp3) is 0.188. The van der Waals surface area contributed by atoms with Crippen LogP contribution in [0.3, 0.4) is 0 Å². The number of likely N-dealkylation sites (N-methyl/N-ethyl adjacent to an activating group) is 1. The maximum absolute atomic E-state index is 15.0. The fourth-order valence-electron chi connectivity index (χ4n) is 10.7. The molecule has 2 amide bonds. The first-order chi connectivity index (χ1) is 39.9. The van der Waals surface area contributed by atoms with E-state index in [0.29, 0.717) is 53.3 Å². The van der Waals surface area contributed by atoms with Crippen molar-refractivity contribution >= 4 is 44.8 Å². The molecular weight excluding hydrogens is 1010 g/mol. The predicted octanol–water partition coefficient (Wildman–Crippen LogP) is 13.1. The van der Waals surface area contributed by atoms with Crippen LogP contribution in [0.1, 0.15) is 50.7 Å². The molecule has 1 N–H and O–H groups in total. The van der Waals surface area contributed by atoms with E-state index in [0.717, 1.165) is 44.3 Å². The monoisotopic (exact) mass is 1080 g/mol. The third-order valence-electron chi connectivity index (χ3n) is 14.9. The van der Waals surface area contributed by atoms with Crippen LogP contribution in [0, 0.1) is 0 Å². The Morgan fingerprint density at radius 1 is 0.457 bits per heavy atom. The molecule has 0 spiro atoms. The molecule has 2 aliphatic rings. The van der Waals surface area contributed by atoms with Crippen LogP contribution in [-0.2, 0) is 72.9 Å². The van der Waals surface area contributed by atoms with Crippen LogP contribution in [0.2, 0.25) is 0 Å². The van der Waals surface area contributed by atoms with Gasteiger partial charge in [0.15, 0.2) is 6.23 Å². The van der Waals surface area contributed by atoms with Gasteiger partial charge in [-0.2, -0.15) is 0 Å². The molecule has 4 heterocycles. The summed E-state index contributed by atoms with van der Waals surface area (Å²) in [4.78, 5) is 34.4. The minimum atomic E-state index is -0.941. The normalized spacial score (nSPS) is 18.3. The molecule has 0 bridgehead atoms. The Hall–Kier alpha value is -8.88. The maximum Gasteiger partial charge on any atom is 0.261 e. The van der Waals surface area contributed by atoms with Crippen molar-refractivity contribution in [2.75, 3.05) is 13.7 Å². The molecule has 0 saturated carbocycles. The van der Waals surface area contributed by atoms with E-state index in [9.17, 15) is 4.79 Å². The van der Waals surface area contributed by atoms with Crippen LogP contribution < -0.4 is 9.47 Å². The van der Waals surface area contributed by atoms with Gasteiger partial charge in [-0.1, -0.05) is 182 Å². The average molecular weight is 1080 g/mol. The summed E-state index contributed by atoms with van der Waals surface area (Å²) in [5.41, 5.74) is 8.95. The van der Waals surface area contributed by atoms with Crippen molar-refractivity contribution in [2.45, 2.75) is 70.3 Å². The highest BCUT2D eigenvalue weighted by Gasteiger charge is 2.50. The summed E-state index contributed by atoms with van der Waals surface area (Å²) in [7, 11) is 1.53. The third-order valence-corrected chi connectivity index (χ3v) is 14.9. The van der Waals surface area contributed by atoms with Crippen molar-refractivity contribution in [3.63, 3.8) is 0 Å². The van der Waals surface area contributed by atoms with Crippen molar-refractivity contribution in [3.8, 4) is 11.5 Å². The maximum atomic E-state index is 15.0. The number of fused-ring (bicyclic) bond motifs is 2. The number of nitrogens with zero attached hydrogens (tertiary/aromatic N) is 2. The van der Waals surface area contributed by atoms with Gasteiger partial charge in [0.25, 0.3) is 11.8 Å². The topological polar surface area (TPSA) is 123 Å². The Kier molecular flexibility index (Phi) is 16.1. The summed E-state index contributed by atoms with van der Waals surface area (Å²) in [6.45, 7) is 1.83. The lowest BCUT2D eigenvalue weighted by Gasteiger charge is -2.46. The Balaban J connectivity index is 1.02. The van der Waals surface area contributed by atoms with Gasteiger partial charge in [-0.05, 0) is 63.7 Å². The molecule has 10 aromatic rings. The lowest BCUT2D eigenvalue weighted by molar-refractivity contribution is -0.289. The van der Waals surface area contributed by atoms with Gasteiger partial charge in [-0.3, -0.25) is 14.5 Å². The molecule has 81 heavy (non-hydrogen) atoms. The van der Waals surface area contributed by atoms with E-state index in [1.165, 1.54) is 11.9 Å². The number of carbonyl (C=O) groups excluding carboxylic acids is 2. The number of H-pyrrole nitrogens is 1. The highest BCUT2D eigenvalue weighted by Crippen LogP contribution is 2.45. The summed E-state index contributed by atoms with van der Waals surface area (Å²) >= 11 is 0. The first-order valence-corrected chi connectivity index (χ1v) is 27.3. The lowest BCUT2D eigenvalue weighted by atomic mass is 9.95. The number of benzene rings is 8. The molecule has 0 aliphatic carbocycles. The Morgan fingerprint density at radius 2 is 0.901 bits per heavy atom. The van der Waals surface area contributed by atoms with Crippen molar-refractivity contribution < 1.29 is 42.7 Å². The second-order valence-corrected chi connectivity index (χ2v) is 20.4. The molecule has 1 fully saturated rings. The summed E-state index contributed by atoms with van der Waals surface area (Å²) in [5, 5.41) is 1.41. The first-order valence-electron chi connectivity index (χ1n) is 27.3. The van der Waals surface area contributed by atoms with Gasteiger partial charge < -0.3 is 42.7 Å². The number of hydrogen-bond donors (Lipinski definition) is 1. The van der Waals surface area contributed by atoms with Crippen LogP contribution in [-0.4, -0.2) is 64.3 Å². The molecule has 2 aliphatic heterocycles. The van der Waals surface area contributed by atoms with Crippen molar-refractivity contribution in [1.29, 1.82) is 0 Å². The lowest BCUT2D eigenvalue weighted by Crippen LogP contribution is -2.59. The molecule has 12 rings (SSSR count). The first kappa shape index (κ1) is 52.8. The van der Waals surface area contributed by atoms with Crippen LogP contribution in [0.15, 0.2) is 231 Å². The SMILES string of the molecule is CN1C(=O)C(c2c[nH]c3ccc(OCc4ccccc4)cc23)=C(c2cn([C@@H]3O[C@H](COCc4ccccc4)[C@@H](OCc4ccccc4)[C@H](OCc4ccccc4)[C@H]3OCc3ccccc3)c3cc(OCc4ccccc4)ccc23)C1=O. The average Bonchev–Trinajstić information content (AvgIpc) is 4.38. The van der Waals surface area contributed by atoms with Crippen molar-refractivity contribution in [3.05, 3.63) is 275 Å². The van der Waals surface area contributed by atoms with E-state index in [1.54, 1.807) is 6.20 Å². The van der Waals surface area contributed by atoms with E-state index in [1.807, 2.05) is 229 Å². The molecule has 8 aromatic carbocycles. The number of nitrogens with one attached hydrogen (secondary N) is 1. The zero-order valence-corrected chi connectivity index (χ0v) is 44.8. The van der Waals surface area contributed by atoms with Crippen LogP contribution in [0.5, 0.6) is 11.5 Å². The van der Waals surface area contributed by atoms with Gasteiger partial charge in [0.05, 0.1) is 49.7 Å². The molecule has 2 aromatic heterocycles. The van der Waals surface area contributed by atoms with Crippen LogP contribution >= 0.6 is 0 Å². The van der Waals surface area contributed by atoms with E-state index < -0.39 is 42.5 Å².